The first kappa shape index (κ1) is 13.5. The Morgan fingerprint density at radius 3 is 2.79 bits per heavy atom. The van der Waals surface area contributed by atoms with Crippen molar-refractivity contribution < 1.29 is 14.2 Å². The van der Waals surface area contributed by atoms with E-state index in [1.54, 1.807) is 37.0 Å². The molecule has 0 aliphatic heterocycles. The summed E-state index contributed by atoms with van der Waals surface area (Å²) in [6.07, 6.45) is 2.55. The number of aliphatic hydroxyl groups is 1. The third-order valence-corrected chi connectivity index (χ3v) is 2.90. The van der Waals surface area contributed by atoms with Crippen LogP contribution in [-0.2, 0) is 6.54 Å². The highest BCUT2D eigenvalue weighted by Crippen LogP contribution is 2.31. The largest absolute Gasteiger partial charge is 0.454 e. The summed E-state index contributed by atoms with van der Waals surface area (Å²) in [5, 5.41) is 13.8. The van der Waals surface area contributed by atoms with Gasteiger partial charge in [-0.2, -0.15) is 5.10 Å². The zero-order chi connectivity index (χ0) is 14.0. The van der Waals surface area contributed by atoms with Gasteiger partial charge in [0, 0.05) is 12.1 Å². The molecule has 1 aromatic carbocycles. The van der Waals surface area contributed by atoms with Gasteiger partial charge in [-0.3, -0.25) is 4.68 Å². The Balaban J connectivity index is 2.35. The molecule has 1 aromatic heterocycles. The van der Waals surface area contributed by atoms with Gasteiger partial charge in [-0.15, -0.1) is 0 Å². The summed E-state index contributed by atoms with van der Waals surface area (Å²) < 4.78 is 20.9. The van der Waals surface area contributed by atoms with Crippen molar-refractivity contribution in [3.63, 3.8) is 0 Å². The molecule has 0 bridgehead atoms. The predicted octanol–water partition coefficient (Wildman–Crippen LogP) is 3.20. The van der Waals surface area contributed by atoms with E-state index in [0.29, 0.717) is 22.6 Å². The monoisotopic (exact) mass is 264 g/mol. The Labute approximate surface area is 111 Å². The summed E-state index contributed by atoms with van der Waals surface area (Å²) in [5.74, 6) is 0.659. The van der Waals surface area contributed by atoms with E-state index in [0.717, 1.165) is 6.54 Å². The maximum Gasteiger partial charge on any atom is 0.165 e. The first-order valence-electron chi connectivity index (χ1n) is 6.19. The van der Waals surface area contributed by atoms with E-state index in [-0.39, 0.29) is 5.82 Å². The Bertz CT molecular complexity index is 579. The van der Waals surface area contributed by atoms with Crippen LogP contribution in [0.4, 0.5) is 4.39 Å². The number of halogens is 1. The number of rotatable bonds is 4. The minimum atomic E-state index is -0.800. The Kier molecular flexibility index (Phi) is 3.85. The average molecular weight is 264 g/mol. The number of aryl methyl sites for hydroxylation is 2. The molecule has 0 unspecified atom stereocenters. The van der Waals surface area contributed by atoms with Crippen molar-refractivity contribution in [3.8, 4) is 11.5 Å². The molecular formula is C14H17FN2O2. The normalized spacial score (nSPS) is 12.5. The summed E-state index contributed by atoms with van der Waals surface area (Å²) in [6.45, 7) is 5.95. The maximum atomic E-state index is 13.5. The lowest BCUT2D eigenvalue weighted by atomic mass is 10.1. The standard InChI is InChI=1S/C14H17FN2O2/c1-4-17-8-11(7-16-17)19-14-5-9(2)13(15)6-12(14)10(3)18/h5-8,10,18H,4H2,1-3H3/t10-/m0/s1. The first-order chi connectivity index (χ1) is 9.01. The second-order valence-corrected chi connectivity index (χ2v) is 4.45. The van der Waals surface area contributed by atoms with Gasteiger partial charge in [0.1, 0.15) is 11.6 Å². The molecule has 102 valence electrons. The van der Waals surface area contributed by atoms with Crippen molar-refractivity contribution in [2.75, 3.05) is 0 Å². The fourth-order valence-corrected chi connectivity index (χ4v) is 1.78. The zero-order valence-electron chi connectivity index (χ0n) is 11.2. The van der Waals surface area contributed by atoms with E-state index in [4.69, 9.17) is 4.74 Å². The van der Waals surface area contributed by atoms with Crippen LogP contribution < -0.4 is 4.74 Å². The third kappa shape index (κ3) is 2.93. The van der Waals surface area contributed by atoms with Crippen LogP contribution in [0.3, 0.4) is 0 Å². The van der Waals surface area contributed by atoms with Crippen molar-refractivity contribution in [2.24, 2.45) is 0 Å². The molecule has 0 amide bonds. The molecule has 4 nitrogen and oxygen atoms in total. The van der Waals surface area contributed by atoms with E-state index >= 15 is 0 Å². The molecule has 19 heavy (non-hydrogen) atoms. The Morgan fingerprint density at radius 2 is 2.21 bits per heavy atom. The van der Waals surface area contributed by atoms with Crippen LogP contribution in [-0.4, -0.2) is 14.9 Å². The molecule has 0 radical (unpaired) electrons. The number of nitrogens with zero attached hydrogens (tertiary/aromatic N) is 2. The topological polar surface area (TPSA) is 47.3 Å². The summed E-state index contributed by atoms with van der Waals surface area (Å²) >= 11 is 0. The van der Waals surface area contributed by atoms with E-state index in [2.05, 4.69) is 5.10 Å². The zero-order valence-corrected chi connectivity index (χ0v) is 11.2. The number of hydrogen-bond acceptors (Lipinski definition) is 3. The van der Waals surface area contributed by atoms with Gasteiger partial charge in [0.2, 0.25) is 0 Å². The lowest BCUT2D eigenvalue weighted by molar-refractivity contribution is 0.195. The van der Waals surface area contributed by atoms with E-state index in [1.165, 1.54) is 6.07 Å². The fourth-order valence-electron chi connectivity index (χ4n) is 1.78. The molecule has 0 aliphatic rings. The highest BCUT2D eigenvalue weighted by Gasteiger charge is 2.14. The summed E-state index contributed by atoms with van der Waals surface area (Å²) in [6, 6.07) is 2.89. The van der Waals surface area contributed by atoms with Gasteiger partial charge in [-0.1, -0.05) is 0 Å². The molecule has 0 saturated heterocycles. The molecule has 0 fully saturated rings. The second kappa shape index (κ2) is 5.40. The van der Waals surface area contributed by atoms with Crippen LogP contribution in [0.2, 0.25) is 0 Å². The predicted molar refractivity (Wildman–Crippen MR) is 69.7 cm³/mol. The van der Waals surface area contributed by atoms with Crippen LogP contribution in [0, 0.1) is 12.7 Å². The SMILES string of the molecule is CCn1cc(Oc2cc(C)c(F)cc2[C@H](C)O)cn1. The smallest absolute Gasteiger partial charge is 0.165 e. The van der Waals surface area contributed by atoms with Crippen molar-refractivity contribution >= 4 is 0 Å². The van der Waals surface area contributed by atoms with E-state index in [1.807, 2.05) is 6.92 Å². The van der Waals surface area contributed by atoms with Crippen molar-refractivity contribution in [1.82, 2.24) is 9.78 Å². The first-order valence-corrected chi connectivity index (χ1v) is 6.19. The fraction of sp³-hybridized carbons (Fsp3) is 0.357. The Hall–Kier alpha value is -1.88. The van der Waals surface area contributed by atoms with Gasteiger partial charge in [-0.05, 0) is 38.5 Å². The van der Waals surface area contributed by atoms with Crippen molar-refractivity contribution in [3.05, 3.63) is 41.5 Å². The molecule has 0 aliphatic carbocycles. The van der Waals surface area contributed by atoms with E-state index in [9.17, 15) is 9.50 Å². The van der Waals surface area contributed by atoms with Crippen LogP contribution in [0.1, 0.15) is 31.1 Å². The number of aromatic nitrogens is 2. The summed E-state index contributed by atoms with van der Waals surface area (Å²) in [4.78, 5) is 0. The third-order valence-electron chi connectivity index (χ3n) is 2.90. The lowest BCUT2D eigenvalue weighted by Crippen LogP contribution is -1.99. The molecule has 0 spiro atoms. The summed E-state index contributed by atoms with van der Waals surface area (Å²) in [5.41, 5.74) is 0.898. The molecule has 2 rings (SSSR count). The molecular weight excluding hydrogens is 247 g/mol. The molecule has 2 aromatic rings. The van der Waals surface area contributed by atoms with Gasteiger partial charge in [0.25, 0.3) is 0 Å². The Morgan fingerprint density at radius 1 is 1.47 bits per heavy atom. The van der Waals surface area contributed by atoms with Crippen molar-refractivity contribution in [1.29, 1.82) is 0 Å². The van der Waals surface area contributed by atoms with Gasteiger partial charge in [-0.25, -0.2) is 4.39 Å². The summed E-state index contributed by atoms with van der Waals surface area (Å²) in [7, 11) is 0. The number of hydrogen-bond donors (Lipinski definition) is 1. The molecule has 1 N–H and O–H groups in total. The molecule has 1 atom stereocenters. The van der Waals surface area contributed by atoms with Crippen LogP contribution in [0.5, 0.6) is 11.5 Å². The highest BCUT2D eigenvalue weighted by molar-refractivity contribution is 5.41. The van der Waals surface area contributed by atoms with Crippen LogP contribution >= 0.6 is 0 Å². The lowest BCUT2D eigenvalue weighted by Gasteiger charge is -2.13. The molecule has 1 heterocycles. The van der Waals surface area contributed by atoms with E-state index < -0.39 is 6.10 Å². The van der Waals surface area contributed by atoms with Crippen LogP contribution in [0.25, 0.3) is 0 Å². The highest BCUT2D eigenvalue weighted by atomic mass is 19.1. The average Bonchev–Trinajstić information content (AvgIpc) is 2.81. The molecule has 5 heteroatoms. The van der Waals surface area contributed by atoms with Gasteiger partial charge in [0.15, 0.2) is 5.75 Å². The van der Waals surface area contributed by atoms with Gasteiger partial charge in [0.05, 0.1) is 18.5 Å². The second-order valence-electron chi connectivity index (χ2n) is 4.45. The quantitative estimate of drug-likeness (QED) is 0.922. The molecule has 0 saturated carbocycles. The van der Waals surface area contributed by atoms with Crippen LogP contribution in [0.15, 0.2) is 24.5 Å². The minimum Gasteiger partial charge on any atom is -0.454 e. The van der Waals surface area contributed by atoms with Gasteiger partial charge < -0.3 is 9.84 Å². The van der Waals surface area contributed by atoms with Gasteiger partial charge >= 0.3 is 0 Å². The van der Waals surface area contributed by atoms with Crippen molar-refractivity contribution in [2.45, 2.75) is 33.4 Å². The number of benzene rings is 1. The maximum absolute atomic E-state index is 13.5. The number of ether oxygens (including phenoxy) is 1. The number of aliphatic hydroxyl groups excluding tert-OH is 1. The minimum absolute atomic E-state index is 0.354.